The van der Waals surface area contributed by atoms with Crippen LogP contribution in [0.3, 0.4) is 0 Å². The Balaban J connectivity index is 2.45. The van der Waals surface area contributed by atoms with E-state index in [1.165, 1.54) is 12.3 Å². The highest BCUT2D eigenvalue weighted by Crippen LogP contribution is 2.34. The van der Waals surface area contributed by atoms with E-state index in [0.717, 1.165) is 18.2 Å². The first-order valence-corrected chi connectivity index (χ1v) is 7.15. The second kappa shape index (κ2) is 6.50. The molecular formula is C16H15ClF2N2O2. The maximum Gasteiger partial charge on any atom is 0.412 e. The number of halogens is 3. The third kappa shape index (κ3) is 4.39. The van der Waals surface area contributed by atoms with Crippen LogP contribution < -0.4 is 5.32 Å². The third-order valence-electron chi connectivity index (χ3n) is 2.75. The average molecular weight is 341 g/mol. The van der Waals surface area contributed by atoms with Crippen molar-refractivity contribution in [3.8, 4) is 11.1 Å². The van der Waals surface area contributed by atoms with Gasteiger partial charge in [0, 0.05) is 17.3 Å². The summed E-state index contributed by atoms with van der Waals surface area (Å²) in [5.74, 6) is -1.27. The zero-order chi connectivity index (χ0) is 17.2. The minimum absolute atomic E-state index is 0.0413. The Labute approximate surface area is 137 Å². The molecule has 2 aromatic rings. The molecule has 0 aliphatic carbocycles. The zero-order valence-electron chi connectivity index (χ0n) is 12.8. The fourth-order valence-electron chi connectivity index (χ4n) is 1.89. The van der Waals surface area contributed by atoms with E-state index in [2.05, 4.69) is 10.3 Å². The number of hydrogen-bond acceptors (Lipinski definition) is 3. The molecule has 23 heavy (non-hydrogen) atoms. The van der Waals surface area contributed by atoms with E-state index < -0.39 is 23.3 Å². The number of hydrogen-bond donors (Lipinski definition) is 1. The molecule has 122 valence electrons. The molecule has 0 unspecified atom stereocenters. The number of carbonyl (C=O) groups is 1. The molecule has 1 heterocycles. The molecule has 1 aromatic heterocycles. The van der Waals surface area contributed by atoms with Gasteiger partial charge < -0.3 is 4.74 Å². The van der Waals surface area contributed by atoms with Crippen molar-refractivity contribution >= 4 is 23.4 Å². The van der Waals surface area contributed by atoms with Crippen LogP contribution >= 0.6 is 11.6 Å². The summed E-state index contributed by atoms with van der Waals surface area (Å²) < 4.78 is 32.6. The molecule has 1 aromatic carbocycles. The normalized spacial score (nSPS) is 11.2. The first kappa shape index (κ1) is 17.1. The summed E-state index contributed by atoms with van der Waals surface area (Å²) in [5.41, 5.74) is -0.510. The van der Waals surface area contributed by atoms with E-state index in [9.17, 15) is 13.6 Å². The van der Waals surface area contributed by atoms with E-state index in [0.29, 0.717) is 0 Å². The highest BCUT2D eigenvalue weighted by molar-refractivity contribution is 6.33. The van der Waals surface area contributed by atoms with Crippen LogP contribution in [0.1, 0.15) is 20.8 Å². The number of rotatable bonds is 2. The molecule has 1 amide bonds. The van der Waals surface area contributed by atoms with Gasteiger partial charge in [-0.25, -0.2) is 18.6 Å². The SMILES string of the molecule is CC(C)(C)OC(=O)Nc1c(-c2cc(F)ccc2F)ccnc1Cl. The molecule has 0 saturated heterocycles. The van der Waals surface area contributed by atoms with E-state index in [-0.39, 0.29) is 22.0 Å². The molecule has 0 fully saturated rings. The van der Waals surface area contributed by atoms with Gasteiger partial charge in [0.1, 0.15) is 17.2 Å². The summed E-state index contributed by atoms with van der Waals surface area (Å²) >= 11 is 5.99. The van der Waals surface area contributed by atoms with Crippen molar-refractivity contribution in [2.24, 2.45) is 0 Å². The number of anilines is 1. The van der Waals surface area contributed by atoms with Crippen LogP contribution in [0.2, 0.25) is 5.15 Å². The fourth-order valence-corrected chi connectivity index (χ4v) is 2.09. The predicted molar refractivity (Wildman–Crippen MR) is 84.5 cm³/mol. The summed E-state index contributed by atoms with van der Waals surface area (Å²) in [6, 6.07) is 4.44. The Kier molecular flexibility index (Phi) is 4.85. The second-order valence-electron chi connectivity index (χ2n) is 5.78. The Morgan fingerprint density at radius 1 is 1.22 bits per heavy atom. The van der Waals surface area contributed by atoms with E-state index >= 15 is 0 Å². The number of pyridine rings is 1. The van der Waals surface area contributed by atoms with Gasteiger partial charge in [0.2, 0.25) is 0 Å². The number of aromatic nitrogens is 1. The van der Waals surface area contributed by atoms with Crippen molar-refractivity contribution in [2.75, 3.05) is 5.32 Å². The summed E-state index contributed by atoms with van der Waals surface area (Å²) in [4.78, 5) is 15.8. The molecule has 0 atom stereocenters. The lowest BCUT2D eigenvalue weighted by atomic mass is 10.0. The zero-order valence-corrected chi connectivity index (χ0v) is 13.5. The minimum Gasteiger partial charge on any atom is -0.444 e. The van der Waals surface area contributed by atoms with Crippen LogP contribution in [-0.2, 0) is 4.74 Å². The molecule has 7 heteroatoms. The molecule has 1 N–H and O–H groups in total. The highest BCUT2D eigenvalue weighted by Gasteiger charge is 2.20. The Hall–Kier alpha value is -2.21. The first-order chi connectivity index (χ1) is 10.7. The van der Waals surface area contributed by atoms with Crippen molar-refractivity contribution in [3.05, 3.63) is 47.2 Å². The second-order valence-corrected chi connectivity index (χ2v) is 6.13. The van der Waals surface area contributed by atoms with Gasteiger partial charge in [-0.3, -0.25) is 5.32 Å². The highest BCUT2D eigenvalue weighted by atomic mass is 35.5. The van der Waals surface area contributed by atoms with Crippen LogP contribution in [0.5, 0.6) is 0 Å². The summed E-state index contributed by atoms with van der Waals surface area (Å²) in [7, 11) is 0. The maximum atomic E-state index is 14.0. The number of carbonyl (C=O) groups excluding carboxylic acids is 1. The van der Waals surface area contributed by atoms with E-state index in [4.69, 9.17) is 16.3 Å². The van der Waals surface area contributed by atoms with Gasteiger partial charge in [-0.15, -0.1) is 0 Å². The van der Waals surface area contributed by atoms with Crippen LogP contribution in [0.15, 0.2) is 30.5 Å². The quantitative estimate of drug-likeness (QED) is 0.780. The van der Waals surface area contributed by atoms with Crippen molar-refractivity contribution in [3.63, 3.8) is 0 Å². The Morgan fingerprint density at radius 3 is 2.57 bits per heavy atom. The lowest BCUT2D eigenvalue weighted by Gasteiger charge is -2.20. The molecule has 0 saturated carbocycles. The van der Waals surface area contributed by atoms with Gasteiger partial charge in [0.25, 0.3) is 0 Å². The molecule has 0 aliphatic rings. The summed E-state index contributed by atoms with van der Waals surface area (Å²) in [6.45, 7) is 5.10. The smallest absolute Gasteiger partial charge is 0.412 e. The van der Waals surface area contributed by atoms with Crippen LogP contribution in [0, 0.1) is 11.6 Å². The first-order valence-electron chi connectivity index (χ1n) is 6.77. The van der Waals surface area contributed by atoms with Crippen LogP contribution in [0.25, 0.3) is 11.1 Å². The summed E-state index contributed by atoms with van der Waals surface area (Å²) in [6.07, 6.45) is 0.563. The Morgan fingerprint density at radius 2 is 1.91 bits per heavy atom. The number of nitrogens with zero attached hydrogens (tertiary/aromatic N) is 1. The van der Waals surface area contributed by atoms with Crippen LogP contribution in [-0.4, -0.2) is 16.7 Å². The standard InChI is InChI=1S/C16H15ClF2N2O2/c1-16(2,3)23-15(22)21-13-10(6-7-20-14(13)17)11-8-9(18)4-5-12(11)19/h4-8H,1-3H3,(H,21,22). The van der Waals surface area contributed by atoms with E-state index in [1.807, 2.05) is 0 Å². The van der Waals surface area contributed by atoms with Crippen molar-refractivity contribution in [1.29, 1.82) is 0 Å². The number of ether oxygens (including phenoxy) is 1. The number of nitrogens with one attached hydrogen (secondary N) is 1. The van der Waals surface area contributed by atoms with Crippen LogP contribution in [0.4, 0.5) is 19.3 Å². The summed E-state index contributed by atoms with van der Waals surface area (Å²) in [5, 5.41) is 2.38. The predicted octanol–water partition coefficient (Wildman–Crippen LogP) is 5.03. The third-order valence-corrected chi connectivity index (χ3v) is 3.04. The lowest BCUT2D eigenvalue weighted by molar-refractivity contribution is 0.0636. The molecule has 0 bridgehead atoms. The minimum atomic E-state index is -0.773. The molecule has 2 rings (SSSR count). The van der Waals surface area contributed by atoms with Gasteiger partial charge in [-0.05, 0) is 45.0 Å². The number of amides is 1. The van der Waals surface area contributed by atoms with Gasteiger partial charge in [0.05, 0.1) is 5.69 Å². The molecule has 0 spiro atoms. The molecule has 0 aliphatic heterocycles. The topological polar surface area (TPSA) is 51.2 Å². The maximum absolute atomic E-state index is 14.0. The average Bonchev–Trinajstić information content (AvgIpc) is 2.42. The monoisotopic (exact) mass is 340 g/mol. The van der Waals surface area contributed by atoms with Gasteiger partial charge in [-0.1, -0.05) is 11.6 Å². The van der Waals surface area contributed by atoms with Crippen molar-refractivity contribution in [1.82, 2.24) is 4.98 Å². The number of benzene rings is 1. The Bertz CT molecular complexity index is 745. The largest absolute Gasteiger partial charge is 0.444 e. The van der Waals surface area contributed by atoms with E-state index in [1.54, 1.807) is 20.8 Å². The molecule has 4 nitrogen and oxygen atoms in total. The molecular weight excluding hydrogens is 326 g/mol. The van der Waals surface area contributed by atoms with Crippen molar-refractivity contribution in [2.45, 2.75) is 26.4 Å². The fraction of sp³-hybridized carbons (Fsp3) is 0.250. The van der Waals surface area contributed by atoms with Gasteiger partial charge in [0.15, 0.2) is 5.15 Å². The lowest BCUT2D eigenvalue weighted by Crippen LogP contribution is -2.27. The van der Waals surface area contributed by atoms with Gasteiger partial charge in [-0.2, -0.15) is 0 Å². The van der Waals surface area contributed by atoms with Gasteiger partial charge >= 0.3 is 6.09 Å². The van der Waals surface area contributed by atoms with Crippen molar-refractivity contribution < 1.29 is 18.3 Å². The molecule has 0 radical (unpaired) electrons.